The van der Waals surface area contributed by atoms with E-state index in [1.807, 2.05) is 37.3 Å². The summed E-state index contributed by atoms with van der Waals surface area (Å²) < 4.78 is 28.8. The predicted molar refractivity (Wildman–Crippen MR) is 112 cm³/mol. The molecular weight excluding hydrogens is 412 g/mol. The Kier molecular flexibility index (Phi) is 6.36. The van der Waals surface area contributed by atoms with E-state index in [-0.39, 0.29) is 22.0 Å². The number of rotatable bonds is 7. The van der Waals surface area contributed by atoms with E-state index in [1.54, 1.807) is 16.9 Å². The second kappa shape index (κ2) is 8.77. The lowest BCUT2D eigenvalue weighted by atomic mass is 10.2. The van der Waals surface area contributed by atoms with Gasteiger partial charge in [-0.3, -0.25) is 4.79 Å². The fourth-order valence-corrected chi connectivity index (χ4v) is 4.21. The van der Waals surface area contributed by atoms with Gasteiger partial charge in [0.15, 0.2) is 0 Å². The van der Waals surface area contributed by atoms with Gasteiger partial charge in [0.05, 0.1) is 21.7 Å². The van der Waals surface area contributed by atoms with Gasteiger partial charge in [-0.15, -0.1) is 0 Å². The van der Waals surface area contributed by atoms with Crippen LogP contribution >= 0.6 is 11.6 Å². The van der Waals surface area contributed by atoms with Gasteiger partial charge in [-0.05, 0) is 30.7 Å². The lowest BCUT2D eigenvalue weighted by Crippen LogP contribution is -2.27. The van der Waals surface area contributed by atoms with Crippen LogP contribution in [0.5, 0.6) is 0 Å². The minimum atomic E-state index is -3.81. The molecule has 0 unspecified atom stereocenters. The fraction of sp³-hybridized carbons (Fsp3) is 0.200. The zero-order chi connectivity index (χ0) is 21.0. The highest BCUT2D eigenvalue weighted by atomic mass is 35.5. The van der Waals surface area contributed by atoms with Crippen LogP contribution in [0.3, 0.4) is 0 Å². The third-order valence-corrected chi connectivity index (χ3v) is 6.53. The maximum absolute atomic E-state index is 13.0. The minimum absolute atomic E-state index is 0.00511. The standard InChI is InChI=1S/C20H21ClN4O3S/c1-3-25-19(11-12-22-25)23-20(26)17-13-16(9-10-18(17)21)29(27,28)24(2)14-15-7-5-4-6-8-15/h4-13H,3,14H2,1-2H3,(H,23,26). The molecule has 0 saturated heterocycles. The Bertz CT molecular complexity index is 1110. The molecular formula is C20H21ClN4O3S. The van der Waals surface area contributed by atoms with Gasteiger partial charge in [0.25, 0.3) is 5.91 Å². The number of carbonyl (C=O) groups is 1. The van der Waals surface area contributed by atoms with Crippen LogP contribution in [-0.4, -0.2) is 35.5 Å². The number of amides is 1. The monoisotopic (exact) mass is 432 g/mol. The van der Waals surface area contributed by atoms with Crippen molar-refractivity contribution >= 4 is 33.3 Å². The summed E-state index contributed by atoms with van der Waals surface area (Å²) in [4.78, 5) is 12.7. The number of nitrogens with zero attached hydrogens (tertiary/aromatic N) is 3. The van der Waals surface area contributed by atoms with Crippen LogP contribution in [0, 0.1) is 0 Å². The summed E-state index contributed by atoms with van der Waals surface area (Å²) in [6, 6.07) is 15.0. The Balaban J connectivity index is 1.86. The third kappa shape index (κ3) is 4.67. The van der Waals surface area contributed by atoms with E-state index in [0.29, 0.717) is 12.4 Å². The highest BCUT2D eigenvalue weighted by Gasteiger charge is 2.23. The second-order valence-corrected chi connectivity index (χ2v) is 8.83. The number of aryl methyl sites for hydroxylation is 1. The van der Waals surface area contributed by atoms with Crippen molar-refractivity contribution in [3.8, 4) is 0 Å². The van der Waals surface area contributed by atoms with Crippen LogP contribution in [0.1, 0.15) is 22.8 Å². The number of hydrogen-bond acceptors (Lipinski definition) is 4. The van der Waals surface area contributed by atoms with Crippen LogP contribution in [-0.2, 0) is 23.1 Å². The maximum atomic E-state index is 13.0. The highest BCUT2D eigenvalue weighted by molar-refractivity contribution is 7.89. The molecule has 0 aliphatic carbocycles. The van der Waals surface area contributed by atoms with Crippen molar-refractivity contribution in [1.29, 1.82) is 0 Å². The molecule has 9 heteroatoms. The number of benzene rings is 2. The molecule has 3 rings (SSSR count). The fourth-order valence-electron chi connectivity index (χ4n) is 2.82. The van der Waals surface area contributed by atoms with Crippen molar-refractivity contribution in [2.24, 2.45) is 0 Å². The van der Waals surface area contributed by atoms with Crippen LogP contribution in [0.4, 0.5) is 5.82 Å². The summed E-state index contributed by atoms with van der Waals surface area (Å²) >= 11 is 6.17. The first kappa shape index (κ1) is 21.0. The number of carbonyl (C=O) groups excluding carboxylic acids is 1. The van der Waals surface area contributed by atoms with E-state index in [0.717, 1.165) is 5.56 Å². The molecule has 3 aromatic rings. The Hall–Kier alpha value is -2.68. The first-order chi connectivity index (χ1) is 13.8. The summed E-state index contributed by atoms with van der Waals surface area (Å²) in [7, 11) is -2.31. The third-order valence-electron chi connectivity index (χ3n) is 4.40. The summed E-state index contributed by atoms with van der Waals surface area (Å²) in [6.07, 6.45) is 1.57. The van der Waals surface area contributed by atoms with E-state index >= 15 is 0 Å². The number of hydrogen-bond donors (Lipinski definition) is 1. The van der Waals surface area contributed by atoms with Gasteiger partial charge in [0.1, 0.15) is 5.82 Å². The molecule has 2 aromatic carbocycles. The number of sulfonamides is 1. The van der Waals surface area contributed by atoms with E-state index in [1.165, 1.54) is 29.6 Å². The molecule has 152 valence electrons. The van der Waals surface area contributed by atoms with Crippen molar-refractivity contribution in [1.82, 2.24) is 14.1 Å². The quantitative estimate of drug-likeness (QED) is 0.617. The van der Waals surface area contributed by atoms with Crippen molar-refractivity contribution < 1.29 is 13.2 Å². The lowest BCUT2D eigenvalue weighted by Gasteiger charge is -2.18. The normalized spacial score (nSPS) is 11.6. The molecule has 0 bridgehead atoms. The first-order valence-corrected chi connectivity index (χ1v) is 10.8. The number of aromatic nitrogens is 2. The van der Waals surface area contributed by atoms with Gasteiger partial charge in [-0.1, -0.05) is 41.9 Å². The molecule has 0 saturated carbocycles. The van der Waals surface area contributed by atoms with Gasteiger partial charge in [0, 0.05) is 26.2 Å². The summed E-state index contributed by atoms with van der Waals surface area (Å²) in [5.74, 6) is -0.00372. The average molecular weight is 433 g/mol. The van der Waals surface area contributed by atoms with Crippen molar-refractivity contribution in [3.05, 3.63) is 76.9 Å². The molecule has 1 aromatic heterocycles. The Morgan fingerprint density at radius 1 is 1.17 bits per heavy atom. The Morgan fingerprint density at radius 2 is 1.90 bits per heavy atom. The van der Waals surface area contributed by atoms with Crippen molar-refractivity contribution in [2.45, 2.75) is 24.9 Å². The van der Waals surface area contributed by atoms with E-state index < -0.39 is 15.9 Å². The minimum Gasteiger partial charge on any atom is -0.307 e. The smallest absolute Gasteiger partial charge is 0.258 e. The molecule has 0 radical (unpaired) electrons. The van der Waals surface area contributed by atoms with Crippen molar-refractivity contribution in [3.63, 3.8) is 0 Å². The topological polar surface area (TPSA) is 84.3 Å². The maximum Gasteiger partial charge on any atom is 0.258 e. The SMILES string of the molecule is CCn1nccc1NC(=O)c1cc(S(=O)(=O)N(C)Cc2ccccc2)ccc1Cl. The number of anilines is 1. The zero-order valence-corrected chi connectivity index (χ0v) is 17.6. The molecule has 1 N–H and O–H groups in total. The number of halogens is 1. The van der Waals surface area contributed by atoms with Crippen LogP contribution in [0.15, 0.2) is 65.7 Å². The molecule has 0 aliphatic heterocycles. The predicted octanol–water partition coefficient (Wildman–Crippen LogP) is 3.63. The first-order valence-electron chi connectivity index (χ1n) is 8.96. The molecule has 0 spiro atoms. The molecule has 1 heterocycles. The van der Waals surface area contributed by atoms with E-state index in [2.05, 4.69) is 10.4 Å². The molecule has 1 amide bonds. The molecule has 29 heavy (non-hydrogen) atoms. The summed E-state index contributed by atoms with van der Waals surface area (Å²) in [5, 5.41) is 6.97. The largest absolute Gasteiger partial charge is 0.307 e. The Labute approximate surface area is 175 Å². The van der Waals surface area contributed by atoms with E-state index in [4.69, 9.17) is 11.6 Å². The van der Waals surface area contributed by atoms with Crippen molar-refractivity contribution in [2.75, 3.05) is 12.4 Å². The number of nitrogens with one attached hydrogen (secondary N) is 1. The summed E-state index contributed by atoms with van der Waals surface area (Å²) in [6.45, 7) is 2.68. The van der Waals surface area contributed by atoms with Crippen LogP contribution in [0.25, 0.3) is 0 Å². The second-order valence-electron chi connectivity index (χ2n) is 6.37. The van der Waals surface area contributed by atoms with Gasteiger partial charge in [0.2, 0.25) is 10.0 Å². The van der Waals surface area contributed by atoms with Crippen LogP contribution in [0.2, 0.25) is 5.02 Å². The summed E-state index contributed by atoms with van der Waals surface area (Å²) in [5.41, 5.74) is 0.933. The Morgan fingerprint density at radius 3 is 2.59 bits per heavy atom. The highest BCUT2D eigenvalue weighted by Crippen LogP contribution is 2.24. The molecule has 0 fully saturated rings. The van der Waals surface area contributed by atoms with Gasteiger partial charge >= 0.3 is 0 Å². The molecule has 0 aliphatic rings. The van der Waals surface area contributed by atoms with Gasteiger partial charge < -0.3 is 5.32 Å². The van der Waals surface area contributed by atoms with Crippen LogP contribution < -0.4 is 5.32 Å². The van der Waals surface area contributed by atoms with Gasteiger partial charge in [-0.25, -0.2) is 13.1 Å². The van der Waals surface area contributed by atoms with E-state index in [9.17, 15) is 13.2 Å². The average Bonchev–Trinajstić information content (AvgIpc) is 3.15. The van der Waals surface area contributed by atoms with Gasteiger partial charge in [-0.2, -0.15) is 9.40 Å². The molecule has 7 nitrogen and oxygen atoms in total. The molecule has 0 atom stereocenters. The zero-order valence-electron chi connectivity index (χ0n) is 16.0. The lowest BCUT2D eigenvalue weighted by molar-refractivity contribution is 0.102.